The van der Waals surface area contributed by atoms with Crippen molar-refractivity contribution in [2.24, 2.45) is 0 Å². The van der Waals surface area contributed by atoms with E-state index in [0.717, 1.165) is 44.0 Å². The molecular weight excluding hydrogens is 390 g/mol. The maximum Gasteiger partial charge on any atom is 0.192 e. The maximum absolute atomic E-state index is 9.32. The Morgan fingerprint density at radius 1 is 1.14 bits per heavy atom. The highest BCUT2D eigenvalue weighted by Crippen LogP contribution is 2.37. The van der Waals surface area contributed by atoms with Crippen LogP contribution < -0.4 is 4.90 Å². The van der Waals surface area contributed by atoms with Crippen molar-refractivity contribution in [2.45, 2.75) is 24.9 Å². The zero-order chi connectivity index (χ0) is 19.8. The van der Waals surface area contributed by atoms with Crippen LogP contribution >= 0.6 is 11.6 Å². The molecule has 2 unspecified atom stereocenters. The predicted octanol–water partition coefficient (Wildman–Crippen LogP) is 2.00. The summed E-state index contributed by atoms with van der Waals surface area (Å²) in [5.41, 5.74) is 1.17. The number of anilines is 1. The van der Waals surface area contributed by atoms with Gasteiger partial charge < -0.3 is 4.90 Å². The van der Waals surface area contributed by atoms with Crippen LogP contribution in [0.1, 0.15) is 30.4 Å². The molecule has 0 bridgehead atoms. The Balaban J connectivity index is 1.33. The topological polar surface area (TPSA) is 99.6 Å². The smallest absolute Gasteiger partial charge is 0.192 e. The molecule has 29 heavy (non-hydrogen) atoms. The summed E-state index contributed by atoms with van der Waals surface area (Å²) in [5.74, 6) is 1.40. The van der Waals surface area contributed by atoms with Gasteiger partial charge in [0, 0.05) is 43.1 Å². The summed E-state index contributed by atoms with van der Waals surface area (Å²) in [7, 11) is 0. The number of fused-ring (bicyclic) bond motifs is 1. The maximum atomic E-state index is 9.32. The van der Waals surface area contributed by atoms with Crippen molar-refractivity contribution in [1.82, 2.24) is 35.1 Å². The Kier molecular flexibility index (Phi) is 4.58. The van der Waals surface area contributed by atoms with E-state index < -0.39 is 0 Å². The molecule has 10 heteroatoms. The Labute approximate surface area is 172 Å². The van der Waals surface area contributed by atoms with Crippen molar-refractivity contribution in [1.29, 1.82) is 5.26 Å². The predicted molar refractivity (Wildman–Crippen MR) is 106 cm³/mol. The van der Waals surface area contributed by atoms with Gasteiger partial charge in [0.1, 0.15) is 6.07 Å². The highest BCUT2D eigenvalue weighted by molar-refractivity contribution is 6.30. The van der Waals surface area contributed by atoms with Gasteiger partial charge >= 0.3 is 0 Å². The zero-order valence-corrected chi connectivity index (χ0v) is 16.3. The summed E-state index contributed by atoms with van der Waals surface area (Å²) < 4.78 is 0. The van der Waals surface area contributed by atoms with E-state index in [0.29, 0.717) is 22.6 Å². The molecule has 0 spiro atoms. The summed E-state index contributed by atoms with van der Waals surface area (Å²) in [6.45, 7) is 2.44. The zero-order valence-electron chi connectivity index (χ0n) is 15.6. The standard InChI is InChI=1S/C19H18ClN9/c20-13-2-1-3-14(10-13)29-25-18(24-26-29)17-5-4-15-12-27(8-9-28(15)17)19-16(11-21)22-6-7-23-19/h1-3,6-7,10,15,17H,4-5,8-9,12H2. The lowest BCUT2D eigenvalue weighted by molar-refractivity contribution is 0.170. The number of benzene rings is 1. The van der Waals surface area contributed by atoms with Gasteiger partial charge in [-0.3, -0.25) is 4.90 Å². The molecule has 2 aromatic heterocycles. The largest absolute Gasteiger partial charge is 0.351 e. The quantitative estimate of drug-likeness (QED) is 0.650. The number of aromatic nitrogens is 6. The number of nitriles is 1. The van der Waals surface area contributed by atoms with Crippen LogP contribution in [-0.2, 0) is 0 Å². The van der Waals surface area contributed by atoms with Gasteiger partial charge in [-0.15, -0.1) is 15.0 Å². The first-order valence-electron chi connectivity index (χ1n) is 9.50. The van der Waals surface area contributed by atoms with Crippen LogP contribution in [0.25, 0.3) is 5.69 Å². The first-order chi connectivity index (χ1) is 14.2. The van der Waals surface area contributed by atoms with Gasteiger partial charge in [0.15, 0.2) is 17.3 Å². The lowest BCUT2D eigenvalue weighted by Gasteiger charge is -2.39. The van der Waals surface area contributed by atoms with Crippen LogP contribution in [0.5, 0.6) is 0 Å². The second-order valence-electron chi connectivity index (χ2n) is 7.19. The van der Waals surface area contributed by atoms with Crippen LogP contribution in [0.2, 0.25) is 5.02 Å². The molecule has 0 N–H and O–H groups in total. The first kappa shape index (κ1) is 18.0. The minimum absolute atomic E-state index is 0.146. The Hall–Kier alpha value is -3.09. The van der Waals surface area contributed by atoms with E-state index in [1.807, 2.05) is 24.3 Å². The summed E-state index contributed by atoms with van der Waals surface area (Å²) >= 11 is 6.07. The molecule has 0 radical (unpaired) electrons. The fraction of sp³-hybridized carbons (Fsp3) is 0.368. The molecule has 1 aromatic carbocycles. The summed E-state index contributed by atoms with van der Waals surface area (Å²) in [6.07, 6.45) is 5.21. The van der Waals surface area contributed by atoms with Crippen molar-refractivity contribution in [2.75, 3.05) is 24.5 Å². The lowest BCUT2D eigenvalue weighted by Crippen LogP contribution is -2.51. The SMILES string of the molecule is N#Cc1nccnc1N1CCN2C(CCC2c2nnn(-c3cccc(Cl)c3)n2)C1. The third kappa shape index (κ3) is 3.30. The fourth-order valence-electron chi connectivity index (χ4n) is 4.23. The summed E-state index contributed by atoms with van der Waals surface area (Å²) in [4.78, 5) is 14.7. The molecule has 2 aliphatic heterocycles. The van der Waals surface area contributed by atoms with Gasteiger partial charge in [-0.05, 0) is 36.3 Å². The van der Waals surface area contributed by atoms with Gasteiger partial charge in [-0.2, -0.15) is 5.26 Å². The number of tetrazole rings is 1. The fourth-order valence-corrected chi connectivity index (χ4v) is 4.42. The molecule has 2 aliphatic rings. The van der Waals surface area contributed by atoms with Gasteiger partial charge in [0.25, 0.3) is 0 Å². The van der Waals surface area contributed by atoms with E-state index in [2.05, 4.69) is 41.2 Å². The average Bonchev–Trinajstić information content (AvgIpc) is 3.40. The minimum atomic E-state index is 0.146. The Morgan fingerprint density at radius 3 is 2.90 bits per heavy atom. The van der Waals surface area contributed by atoms with Gasteiger partial charge in [0.2, 0.25) is 0 Å². The third-order valence-corrected chi connectivity index (χ3v) is 5.79. The normalized spacial score (nSPS) is 21.7. The molecule has 2 atom stereocenters. The van der Waals surface area contributed by atoms with Crippen LogP contribution in [0.4, 0.5) is 5.82 Å². The Bertz CT molecular complexity index is 1080. The van der Waals surface area contributed by atoms with E-state index in [4.69, 9.17) is 11.6 Å². The van der Waals surface area contributed by atoms with Crippen molar-refractivity contribution in [3.63, 3.8) is 0 Å². The van der Waals surface area contributed by atoms with Crippen LogP contribution in [0.15, 0.2) is 36.7 Å². The first-order valence-corrected chi connectivity index (χ1v) is 9.88. The van der Waals surface area contributed by atoms with Crippen LogP contribution in [0.3, 0.4) is 0 Å². The molecule has 0 aliphatic carbocycles. The highest BCUT2D eigenvalue weighted by Gasteiger charge is 2.40. The minimum Gasteiger partial charge on any atom is -0.351 e. The molecule has 2 fully saturated rings. The third-order valence-electron chi connectivity index (χ3n) is 5.55. The second-order valence-corrected chi connectivity index (χ2v) is 7.62. The summed E-state index contributed by atoms with van der Waals surface area (Å²) in [5, 5.41) is 23.1. The van der Waals surface area contributed by atoms with Gasteiger partial charge in [-0.25, -0.2) is 9.97 Å². The highest BCUT2D eigenvalue weighted by atomic mass is 35.5. The molecule has 0 saturated carbocycles. The number of nitrogens with zero attached hydrogens (tertiary/aromatic N) is 9. The molecular formula is C19H18ClN9. The Morgan fingerprint density at radius 2 is 2.03 bits per heavy atom. The molecule has 5 rings (SSSR count). The van der Waals surface area contributed by atoms with E-state index >= 15 is 0 Å². The van der Waals surface area contributed by atoms with Crippen molar-refractivity contribution in [3.8, 4) is 11.8 Å². The van der Waals surface area contributed by atoms with Crippen molar-refractivity contribution < 1.29 is 0 Å². The monoisotopic (exact) mass is 407 g/mol. The number of piperazine rings is 1. The van der Waals surface area contributed by atoms with Crippen LogP contribution in [-0.4, -0.2) is 60.8 Å². The molecule has 2 saturated heterocycles. The van der Waals surface area contributed by atoms with E-state index in [9.17, 15) is 5.26 Å². The summed E-state index contributed by atoms with van der Waals surface area (Å²) in [6, 6.07) is 10.1. The second kappa shape index (κ2) is 7.39. The number of hydrogen-bond acceptors (Lipinski definition) is 8. The van der Waals surface area contributed by atoms with Crippen molar-refractivity contribution >= 4 is 17.4 Å². The van der Waals surface area contributed by atoms with Gasteiger partial charge in [0.05, 0.1) is 11.7 Å². The molecule has 9 nitrogen and oxygen atoms in total. The van der Waals surface area contributed by atoms with Gasteiger partial charge in [-0.1, -0.05) is 17.7 Å². The van der Waals surface area contributed by atoms with Crippen LogP contribution in [0, 0.1) is 11.3 Å². The lowest BCUT2D eigenvalue weighted by atomic mass is 10.1. The molecule has 3 aromatic rings. The molecule has 0 amide bonds. The van der Waals surface area contributed by atoms with Crippen molar-refractivity contribution in [3.05, 3.63) is 53.2 Å². The average molecular weight is 408 g/mol. The number of rotatable bonds is 3. The van der Waals surface area contributed by atoms with E-state index in [1.54, 1.807) is 12.4 Å². The number of halogens is 1. The molecule has 146 valence electrons. The molecule has 4 heterocycles. The van der Waals surface area contributed by atoms with E-state index in [1.165, 1.54) is 4.80 Å². The number of hydrogen-bond donors (Lipinski definition) is 0. The van der Waals surface area contributed by atoms with E-state index in [-0.39, 0.29) is 6.04 Å².